The van der Waals surface area contributed by atoms with Crippen molar-refractivity contribution in [1.82, 2.24) is 14.8 Å². The Hall–Kier alpha value is -2.96. The Bertz CT molecular complexity index is 832. The molecule has 0 N–H and O–H groups in total. The summed E-state index contributed by atoms with van der Waals surface area (Å²) < 4.78 is 12.3. The molecule has 0 aliphatic carbocycles. The molecular formula is C21H27N3O4. The average molecular weight is 385 g/mol. The number of rotatable bonds is 8. The number of esters is 1. The van der Waals surface area contributed by atoms with Gasteiger partial charge >= 0.3 is 5.97 Å². The lowest BCUT2D eigenvalue weighted by Crippen LogP contribution is -2.26. The van der Waals surface area contributed by atoms with E-state index in [1.807, 2.05) is 32.9 Å². The smallest absolute Gasteiger partial charge is 0.308 e. The summed E-state index contributed by atoms with van der Waals surface area (Å²) in [5, 5.41) is 4.53. The van der Waals surface area contributed by atoms with Gasteiger partial charge in [-0.1, -0.05) is 6.08 Å². The summed E-state index contributed by atoms with van der Waals surface area (Å²) in [5.41, 5.74) is 0.954. The molecule has 0 spiro atoms. The standard InChI is InChI=1S/C21H27N3O4/c1-15(25)7-6-8-17-11-12-24(23-17)18(13-20(26)28-21(2,3)4)16-9-10-19(27-5)22-14-16/h6,8-12,14,18H,7,13H2,1-5H3/b8-6+. The molecule has 0 radical (unpaired) electrons. The van der Waals surface area contributed by atoms with E-state index in [1.165, 1.54) is 6.92 Å². The van der Waals surface area contributed by atoms with Crippen LogP contribution < -0.4 is 4.74 Å². The summed E-state index contributed by atoms with van der Waals surface area (Å²) in [6.07, 6.45) is 7.50. The van der Waals surface area contributed by atoms with E-state index in [0.717, 1.165) is 5.56 Å². The van der Waals surface area contributed by atoms with Gasteiger partial charge in [0.2, 0.25) is 5.88 Å². The number of carbonyl (C=O) groups is 2. The van der Waals surface area contributed by atoms with Gasteiger partial charge in [0.05, 0.1) is 25.3 Å². The van der Waals surface area contributed by atoms with Crippen molar-refractivity contribution in [1.29, 1.82) is 0 Å². The predicted octanol–water partition coefficient (Wildman–Crippen LogP) is 3.60. The third-order valence-corrected chi connectivity index (χ3v) is 3.78. The molecule has 2 heterocycles. The highest BCUT2D eigenvalue weighted by Gasteiger charge is 2.24. The Morgan fingerprint density at radius 1 is 1.25 bits per heavy atom. The van der Waals surface area contributed by atoms with Crippen LogP contribution in [-0.4, -0.2) is 39.2 Å². The molecular weight excluding hydrogens is 358 g/mol. The Kier molecular flexibility index (Phi) is 7.09. The van der Waals surface area contributed by atoms with Crippen LogP contribution in [0.5, 0.6) is 5.88 Å². The number of hydrogen-bond donors (Lipinski definition) is 0. The molecule has 0 fully saturated rings. The van der Waals surface area contributed by atoms with Crippen LogP contribution >= 0.6 is 0 Å². The number of ketones is 1. The molecule has 0 aliphatic rings. The zero-order valence-corrected chi connectivity index (χ0v) is 17.0. The van der Waals surface area contributed by atoms with E-state index in [4.69, 9.17) is 9.47 Å². The number of nitrogens with zero attached hydrogens (tertiary/aromatic N) is 3. The fraction of sp³-hybridized carbons (Fsp3) is 0.429. The molecule has 7 heteroatoms. The maximum Gasteiger partial charge on any atom is 0.308 e. The van der Waals surface area contributed by atoms with Crippen molar-refractivity contribution in [2.24, 2.45) is 0 Å². The monoisotopic (exact) mass is 385 g/mol. The van der Waals surface area contributed by atoms with Crippen LogP contribution in [0.4, 0.5) is 0 Å². The SMILES string of the molecule is COc1ccc(C(CC(=O)OC(C)(C)C)n2ccc(/C=C/CC(C)=O)n2)cn1. The summed E-state index contributed by atoms with van der Waals surface area (Å²) in [6, 6.07) is 5.06. The highest BCUT2D eigenvalue weighted by Crippen LogP contribution is 2.24. The normalized spacial score (nSPS) is 12.8. The largest absolute Gasteiger partial charge is 0.481 e. The van der Waals surface area contributed by atoms with Crippen molar-refractivity contribution >= 4 is 17.8 Å². The van der Waals surface area contributed by atoms with Crippen molar-refractivity contribution in [3.8, 4) is 5.88 Å². The average Bonchev–Trinajstić information content (AvgIpc) is 3.06. The van der Waals surface area contributed by atoms with Crippen molar-refractivity contribution < 1.29 is 19.1 Å². The minimum Gasteiger partial charge on any atom is -0.481 e. The number of carbonyl (C=O) groups excluding carboxylic acids is 2. The molecule has 0 aromatic carbocycles. The predicted molar refractivity (Wildman–Crippen MR) is 106 cm³/mol. The van der Waals surface area contributed by atoms with Gasteiger partial charge in [0.1, 0.15) is 11.4 Å². The van der Waals surface area contributed by atoms with Gasteiger partial charge in [-0.3, -0.25) is 14.3 Å². The highest BCUT2D eigenvalue weighted by atomic mass is 16.6. The number of hydrogen-bond acceptors (Lipinski definition) is 6. The summed E-state index contributed by atoms with van der Waals surface area (Å²) in [5.74, 6) is 0.258. The maximum atomic E-state index is 12.4. The minimum atomic E-state index is -0.565. The quantitative estimate of drug-likeness (QED) is 0.646. The lowest BCUT2D eigenvalue weighted by molar-refractivity contribution is -0.155. The maximum absolute atomic E-state index is 12.4. The molecule has 1 unspecified atom stereocenters. The van der Waals surface area contributed by atoms with Gasteiger partial charge in [-0.05, 0) is 51.5 Å². The molecule has 0 bridgehead atoms. The first-order valence-corrected chi connectivity index (χ1v) is 9.11. The van der Waals surface area contributed by atoms with E-state index in [2.05, 4.69) is 10.1 Å². The van der Waals surface area contributed by atoms with E-state index in [1.54, 1.807) is 42.4 Å². The zero-order valence-electron chi connectivity index (χ0n) is 17.0. The highest BCUT2D eigenvalue weighted by molar-refractivity contribution is 5.78. The van der Waals surface area contributed by atoms with E-state index >= 15 is 0 Å². The number of pyridine rings is 1. The van der Waals surface area contributed by atoms with Gasteiger partial charge in [-0.25, -0.2) is 4.98 Å². The number of aromatic nitrogens is 3. The second-order valence-corrected chi connectivity index (χ2v) is 7.47. The van der Waals surface area contributed by atoms with Gasteiger partial charge < -0.3 is 9.47 Å². The van der Waals surface area contributed by atoms with Gasteiger partial charge in [-0.2, -0.15) is 5.10 Å². The van der Waals surface area contributed by atoms with E-state index in [0.29, 0.717) is 18.0 Å². The molecule has 2 rings (SSSR count). The topological polar surface area (TPSA) is 83.3 Å². The van der Waals surface area contributed by atoms with E-state index < -0.39 is 5.60 Å². The van der Waals surface area contributed by atoms with Crippen LogP contribution in [-0.2, 0) is 14.3 Å². The lowest BCUT2D eigenvalue weighted by atomic mass is 10.1. The molecule has 0 aliphatic heterocycles. The van der Waals surface area contributed by atoms with Gasteiger partial charge in [0, 0.05) is 24.9 Å². The Balaban J connectivity index is 2.27. The first-order chi connectivity index (χ1) is 13.2. The van der Waals surface area contributed by atoms with Crippen molar-refractivity contribution in [2.75, 3.05) is 7.11 Å². The molecule has 150 valence electrons. The summed E-state index contributed by atoms with van der Waals surface area (Å²) in [7, 11) is 1.55. The third-order valence-electron chi connectivity index (χ3n) is 3.78. The second kappa shape index (κ2) is 9.30. The molecule has 1 atom stereocenters. The molecule has 7 nitrogen and oxygen atoms in total. The van der Waals surface area contributed by atoms with Crippen LogP contribution in [0.3, 0.4) is 0 Å². The van der Waals surface area contributed by atoms with Gasteiger partial charge in [0.15, 0.2) is 0 Å². The molecule has 2 aromatic heterocycles. The molecule has 28 heavy (non-hydrogen) atoms. The number of methoxy groups -OCH3 is 1. The van der Waals surface area contributed by atoms with Crippen LogP contribution in [0.1, 0.15) is 57.8 Å². The first-order valence-electron chi connectivity index (χ1n) is 9.11. The number of Topliss-reactive ketones (excluding diaryl/α,β-unsaturated/α-hetero) is 1. The number of allylic oxidation sites excluding steroid dienone is 1. The van der Waals surface area contributed by atoms with Crippen molar-refractivity contribution in [3.63, 3.8) is 0 Å². The number of ether oxygens (including phenoxy) is 2. The fourth-order valence-electron chi connectivity index (χ4n) is 2.58. The van der Waals surface area contributed by atoms with E-state index in [-0.39, 0.29) is 24.2 Å². The van der Waals surface area contributed by atoms with Crippen LogP contribution in [0.15, 0.2) is 36.7 Å². The summed E-state index contributed by atoms with van der Waals surface area (Å²) in [4.78, 5) is 27.7. The Morgan fingerprint density at radius 3 is 2.57 bits per heavy atom. The van der Waals surface area contributed by atoms with Gasteiger partial charge in [-0.15, -0.1) is 0 Å². The Morgan fingerprint density at radius 2 is 2.00 bits per heavy atom. The lowest BCUT2D eigenvalue weighted by Gasteiger charge is -2.22. The molecule has 0 saturated heterocycles. The van der Waals surface area contributed by atoms with Crippen LogP contribution in [0, 0.1) is 0 Å². The summed E-state index contributed by atoms with van der Waals surface area (Å²) in [6.45, 7) is 7.04. The zero-order chi connectivity index (χ0) is 20.7. The molecule has 0 saturated carbocycles. The fourth-order valence-corrected chi connectivity index (χ4v) is 2.58. The van der Waals surface area contributed by atoms with Crippen molar-refractivity contribution in [2.45, 2.75) is 52.2 Å². The second-order valence-electron chi connectivity index (χ2n) is 7.47. The first kappa shape index (κ1) is 21.3. The third kappa shape index (κ3) is 6.64. The van der Waals surface area contributed by atoms with Crippen LogP contribution in [0.2, 0.25) is 0 Å². The van der Waals surface area contributed by atoms with Gasteiger partial charge in [0.25, 0.3) is 0 Å². The van der Waals surface area contributed by atoms with E-state index in [9.17, 15) is 9.59 Å². The molecule has 0 amide bonds. The van der Waals surface area contributed by atoms with Crippen molar-refractivity contribution in [3.05, 3.63) is 47.9 Å². The minimum absolute atomic E-state index is 0.0859. The molecule has 2 aromatic rings. The summed E-state index contributed by atoms with van der Waals surface area (Å²) >= 11 is 0. The Labute approximate surface area is 165 Å². The van der Waals surface area contributed by atoms with Crippen LogP contribution in [0.25, 0.3) is 6.08 Å².